The van der Waals surface area contributed by atoms with Crippen molar-refractivity contribution in [2.75, 3.05) is 13.2 Å². The van der Waals surface area contributed by atoms with Crippen LogP contribution in [0.1, 0.15) is 39.7 Å². The molecule has 28 heavy (non-hydrogen) atoms. The van der Waals surface area contributed by atoms with Crippen LogP contribution in [0.25, 0.3) is 0 Å². The summed E-state index contributed by atoms with van der Waals surface area (Å²) in [6.45, 7) is 7.90. The number of fused-ring (bicyclic) bond motifs is 1. The smallest absolute Gasteiger partial charge is 0.408 e. The SMILES string of the molecule is CC(CC(NC(=O)OC(C)(C)C)C(=O)O)C(=O)N1CCOc2ccccc2C1. The molecule has 0 bridgehead atoms. The van der Waals surface area contributed by atoms with Crippen LogP contribution in [-0.2, 0) is 20.9 Å². The minimum absolute atomic E-state index is 0.0353. The minimum atomic E-state index is -1.22. The fraction of sp³-hybridized carbons (Fsp3) is 0.550. The molecule has 8 nitrogen and oxygen atoms in total. The predicted octanol–water partition coefficient (Wildman–Crippen LogP) is 2.41. The Bertz CT molecular complexity index is 728. The fourth-order valence-electron chi connectivity index (χ4n) is 2.95. The van der Waals surface area contributed by atoms with Crippen LogP contribution in [0.2, 0.25) is 0 Å². The van der Waals surface area contributed by atoms with E-state index in [2.05, 4.69) is 5.32 Å². The second kappa shape index (κ2) is 8.95. The van der Waals surface area contributed by atoms with Gasteiger partial charge in [0.25, 0.3) is 0 Å². The van der Waals surface area contributed by atoms with Gasteiger partial charge in [0.2, 0.25) is 5.91 Å². The Morgan fingerprint density at radius 1 is 1.29 bits per heavy atom. The van der Waals surface area contributed by atoms with E-state index in [1.807, 2.05) is 24.3 Å². The summed E-state index contributed by atoms with van der Waals surface area (Å²) in [7, 11) is 0. The van der Waals surface area contributed by atoms with Gasteiger partial charge in [-0.15, -0.1) is 0 Å². The highest BCUT2D eigenvalue weighted by Crippen LogP contribution is 2.24. The zero-order valence-electron chi connectivity index (χ0n) is 16.7. The zero-order chi connectivity index (χ0) is 20.9. The van der Waals surface area contributed by atoms with E-state index in [0.717, 1.165) is 11.3 Å². The average Bonchev–Trinajstić information content (AvgIpc) is 2.80. The number of carbonyl (C=O) groups is 3. The first-order chi connectivity index (χ1) is 13.1. The molecule has 0 aliphatic carbocycles. The molecule has 0 saturated carbocycles. The molecule has 0 spiro atoms. The number of aliphatic carboxylic acids is 1. The number of nitrogens with zero attached hydrogens (tertiary/aromatic N) is 1. The Balaban J connectivity index is 2.00. The molecule has 154 valence electrons. The maximum absolute atomic E-state index is 12.9. The third-order valence-corrected chi connectivity index (χ3v) is 4.26. The number of alkyl carbamates (subject to hydrolysis) is 1. The van der Waals surface area contributed by atoms with Crippen molar-refractivity contribution in [2.45, 2.75) is 52.3 Å². The van der Waals surface area contributed by atoms with E-state index in [-0.39, 0.29) is 12.3 Å². The summed E-state index contributed by atoms with van der Waals surface area (Å²) < 4.78 is 10.8. The molecular formula is C20H28N2O6. The molecule has 0 saturated heterocycles. The Labute approximate surface area is 164 Å². The average molecular weight is 392 g/mol. The molecule has 1 aromatic rings. The van der Waals surface area contributed by atoms with Crippen molar-refractivity contribution >= 4 is 18.0 Å². The molecule has 8 heteroatoms. The lowest BCUT2D eigenvalue weighted by Crippen LogP contribution is -2.46. The summed E-state index contributed by atoms with van der Waals surface area (Å²) >= 11 is 0. The highest BCUT2D eigenvalue weighted by atomic mass is 16.6. The van der Waals surface area contributed by atoms with Crippen LogP contribution in [0.4, 0.5) is 4.79 Å². The summed E-state index contributed by atoms with van der Waals surface area (Å²) in [4.78, 5) is 38.0. The van der Waals surface area contributed by atoms with Crippen LogP contribution >= 0.6 is 0 Å². The van der Waals surface area contributed by atoms with Gasteiger partial charge in [-0.05, 0) is 33.3 Å². The molecule has 0 aromatic heterocycles. The number of nitrogens with one attached hydrogen (secondary N) is 1. The lowest BCUT2D eigenvalue weighted by Gasteiger charge is -2.26. The number of carboxylic acids is 1. The van der Waals surface area contributed by atoms with Gasteiger partial charge < -0.3 is 24.8 Å². The summed E-state index contributed by atoms with van der Waals surface area (Å²) in [5.41, 5.74) is 0.163. The third kappa shape index (κ3) is 6.14. The molecule has 2 amide bonds. The van der Waals surface area contributed by atoms with Crippen LogP contribution in [0.5, 0.6) is 5.75 Å². The van der Waals surface area contributed by atoms with Gasteiger partial charge in [-0.1, -0.05) is 25.1 Å². The van der Waals surface area contributed by atoms with Gasteiger partial charge in [-0.25, -0.2) is 9.59 Å². The summed E-state index contributed by atoms with van der Waals surface area (Å²) in [5.74, 6) is -1.24. The van der Waals surface area contributed by atoms with E-state index < -0.39 is 29.6 Å². The van der Waals surface area contributed by atoms with E-state index >= 15 is 0 Å². The maximum Gasteiger partial charge on any atom is 0.408 e. The molecule has 0 fully saturated rings. The van der Waals surface area contributed by atoms with Crippen LogP contribution in [0, 0.1) is 5.92 Å². The van der Waals surface area contributed by atoms with Gasteiger partial charge in [-0.2, -0.15) is 0 Å². The van der Waals surface area contributed by atoms with Crippen molar-refractivity contribution < 1.29 is 29.0 Å². The standard InChI is InChI=1S/C20H28N2O6/c1-13(11-15(18(24)25)21-19(26)28-20(2,3)4)17(23)22-9-10-27-16-8-6-5-7-14(16)12-22/h5-8,13,15H,9-12H2,1-4H3,(H,21,26)(H,24,25). The summed E-state index contributed by atoms with van der Waals surface area (Å²) in [5, 5.41) is 11.8. The first-order valence-electron chi connectivity index (χ1n) is 9.28. The third-order valence-electron chi connectivity index (χ3n) is 4.26. The lowest BCUT2D eigenvalue weighted by atomic mass is 10.00. The Morgan fingerprint density at radius 3 is 2.61 bits per heavy atom. The number of benzene rings is 1. The molecule has 1 aliphatic heterocycles. The van der Waals surface area contributed by atoms with Gasteiger partial charge in [0.05, 0.1) is 6.54 Å². The van der Waals surface area contributed by atoms with Crippen molar-refractivity contribution in [3.63, 3.8) is 0 Å². The molecule has 2 atom stereocenters. The topological polar surface area (TPSA) is 105 Å². The van der Waals surface area contributed by atoms with Crippen molar-refractivity contribution in [3.8, 4) is 5.75 Å². The highest BCUT2D eigenvalue weighted by Gasteiger charge is 2.30. The number of carboxylic acid groups (broad SMARTS) is 1. The lowest BCUT2D eigenvalue weighted by molar-refractivity contribution is -0.141. The number of hydrogen-bond donors (Lipinski definition) is 2. The van der Waals surface area contributed by atoms with E-state index in [4.69, 9.17) is 9.47 Å². The van der Waals surface area contributed by atoms with Crippen molar-refractivity contribution in [1.29, 1.82) is 0 Å². The highest BCUT2D eigenvalue weighted by molar-refractivity contribution is 5.83. The van der Waals surface area contributed by atoms with Crippen molar-refractivity contribution in [2.24, 2.45) is 5.92 Å². The first-order valence-corrected chi connectivity index (χ1v) is 9.28. The number of ether oxygens (including phenoxy) is 2. The van der Waals surface area contributed by atoms with Crippen molar-refractivity contribution in [3.05, 3.63) is 29.8 Å². The minimum Gasteiger partial charge on any atom is -0.491 e. The van der Waals surface area contributed by atoms with E-state index in [1.54, 1.807) is 32.6 Å². The number of hydrogen-bond acceptors (Lipinski definition) is 5. The Morgan fingerprint density at radius 2 is 1.96 bits per heavy atom. The second-order valence-electron chi connectivity index (χ2n) is 7.89. The Hall–Kier alpha value is -2.77. The second-order valence-corrected chi connectivity index (χ2v) is 7.89. The van der Waals surface area contributed by atoms with Crippen LogP contribution in [-0.4, -0.2) is 52.8 Å². The van der Waals surface area contributed by atoms with E-state index in [9.17, 15) is 19.5 Å². The molecule has 2 rings (SSSR count). The van der Waals surface area contributed by atoms with E-state index in [1.165, 1.54) is 0 Å². The first kappa shape index (κ1) is 21.5. The predicted molar refractivity (Wildman–Crippen MR) is 102 cm³/mol. The quantitative estimate of drug-likeness (QED) is 0.797. The van der Waals surface area contributed by atoms with Gasteiger partial charge in [0.1, 0.15) is 24.0 Å². The zero-order valence-corrected chi connectivity index (χ0v) is 16.7. The molecule has 2 N–H and O–H groups in total. The molecule has 0 radical (unpaired) electrons. The summed E-state index contributed by atoms with van der Waals surface area (Å²) in [6.07, 6.45) is -0.858. The van der Waals surface area contributed by atoms with Gasteiger partial charge in [0.15, 0.2) is 0 Å². The summed E-state index contributed by atoms with van der Waals surface area (Å²) in [6, 6.07) is 6.29. The maximum atomic E-state index is 12.9. The fourth-order valence-corrected chi connectivity index (χ4v) is 2.95. The monoisotopic (exact) mass is 392 g/mol. The molecule has 1 aromatic carbocycles. The van der Waals surface area contributed by atoms with Gasteiger partial charge >= 0.3 is 12.1 Å². The Kier molecular flexibility index (Phi) is 6.88. The van der Waals surface area contributed by atoms with Crippen LogP contribution in [0.15, 0.2) is 24.3 Å². The van der Waals surface area contributed by atoms with Crippen LogP contribution in [0.3, 0.4) is 0 Å². The van der Waals surface area contributed by atoms with Gasteiger partial charge in [-0.3, -0.25) is 4.79 Å². The number of para-hydroxylation sites is 1. The molecule has 1 heterocycles. The van der Waals surface area contributed by atoms with Crippen LogP contribution < -0.4 is 10.1 Å². The van der Waals surface area contributed by atoms with Crippen molar-refractivity contribution in [1.82, 2.24) is 10.2 Å². The van der Waals surface area contributed by atoms with E-state index in [0.29, 0.717) is 19.7 Å². The molecular weight excluding hydrogens is 364 g/mol. The number of carbonyl (C=O) groups excluding carboxylic acids is 2. The van der Waals surface area contributed by atoms with Gasteiger partial charge in [0, 0.05) is 18.0 Å². The normalized spacial score (nSPS) is 16.1. The largest absolute Gasteiger partial charge is 0.491 e. The number of rotatable bonds is 5. The molecule has 2 unspecified atom stereocenters. The molecule has 1 aliphatic rings. The number of amides is 2.